The van der Waals surface area contributed by atoms with Crippen LogP contribution in [0.15, 0.2) is 12.2 Å². The fourth-order valence-corrected chi connectivity index (χ4v) is 8.05. The van der Waals surface area contributed by atoms with Crippen LogP contribution in [0.2, 0.25) is 0 Å². The molecule has 0 spiro atoms. The second-order valence-electron chi connectivity index (χ2n) is 17.9. The first-order chi connectivity index (χ1) is 28.5. The average molecular weight is 820 g/mol. The number of hydrogen-bond donors (Lipinski definition) is 3. The zero-order valence-corrected chi connectivity index (χ0v) is 39.0. The molecule has 0 heterocycles. The van der Waals surface area contributed by atoms with Crippen LogP contribution in [0.3, 0.4) is 0 Å². The number of rotatable bonds is 48. The SMILES string of the molecule is CCCCCCCCCCCCCCCCCCCCC(=O)OCCCC/C=C\CCCCCCCC(=O)NC(CO)C(O)CCCCCCCCCCCCCC. The van der Waals surface area contributed by atoms with Crippen molar-refractivity contribution >= 4 is 11.9 Å². The molecular weight excluding hydrogens is 719 g/mol. The first-order valence-electron chi connectivity index (χ1n) is 25.9. The molecule has 0 aliphatic heterocycles. The molecule has 58 heavy (non-hydrogen) atoms. The molecule has 6 heteroatoms. The minimum Gasteiger partial charge on any atom is -0.466 e. The highest BCUT2D eigenvalue weighted by Gasteiger charge is 2.20. The molecule has 2 atom stereocenters. The predicted molar refractivity (Wildman–Crippen MR) is 250 cm³/mol. The number of carbonyl (C=O) groups is 2. The summed E-state index contributed by atoms with van der Waals surface area (Å²) < 4.78 is 5.45. The number of aliphatic hydroxyl groups is 2. The van der Waals surface area contributed by atoms with Gasteiger partial charge in [-0.25, -0.2) is 0 Å². The number of carbonyl (C=O) groups excluding carboxylic acids is 2. The Balaban J connectivity index is 3.47. The maximum atomic E-state index is 12.4. The number of amides is 1. The highest BCUT2D eigenvalue weighted by molar-refractivity contribution is 5.76. The third kappa shape index (κ3) is 44.2. The highest BCUT2D eigenvalue weighted by atomic mass is 16.5. The second-order valence-corrected chi connectivity index (χ2v) is 17.9. The highest BCUT2D eigenvalue weighted by Crippen LogP contribution is 2.17. The van der Waals surface area contributed by atoms with Gasteiger partial charge in [-0.1, -0.05) is 231 Å². The summed E-state index contributed by atoms with van der Waals surface area (Å²) in [6.07, 6.45) is 54.7. The maximum absolute atomic E-state index is 12.4. The van der Waals surface area contributed by atoms with Gasteiger partial charge >= 0.3 is 5.97 Å². The number of hydrogen-bond acceptors (Lipinski definition) is 5. The van der Waals surface area contributed by atoms with E-state index in [4.69, 9.17) is 4.74 Å². The van der Waals surface area contributed by atoms with Crippen LogP contribution in [0.1, 0.15) is 284 Å². The minimum absolute atomic E-state index is 0.0268. The van der Waals surface area contributed by atoms with Gasteiger partial charge in [-0.2, -0.15) is 0 Å². The number of esters is 1. The zero-order valence-electron chi connectivity index (χ0n) is 39.0. The lowest BCUT2D eigenvalue weighted by Crippen LogP contribution is -2.45. The Hall–Kier alpha value is -1.40. The number of allylic oxidation sites excluding steroid dienone is 2. The fourth-order valence-electron chi connectivity index (χ4n) is 8.05. The van der Waals surface area contributed by atoms with Gasteiger partial charge in [-0.05, 0) is 51.4 Å². The van der Waals surface area contributed by atoms with Crippen LogP contribution in [-0.2, 0) is 14.3 Å². The Morgan fingerprint density at radius 2 is 0.810 bits per heavy atom. The van der Waals surface area contributed by atoms with Gasteiger partial charge in [-0.3, -0.25) is 9.59 Å². The summed E-state index contributed by atoms with van der Waals surface area (Å²) in [6, 6.07) is -0.560. The lowest BCUT2D eigenvalue weighted by Gasteiger charge is -2.22. The van der Waals surface area contributed by atoms with Crippen molar-refractivity contribution in [2.75, 3.05) is 13.2 Å². The summed E-state index contributed by atoms with van der Waals surface area (Å²) in [5.41, 5.74) is 0. The number of ether oxygens (including phenoxy) is 1. The van der Waals surface area contributed by atoms with E-state index in [0.29, 0.717) is 25.9 Å². The van der Waals surface area contributed by atoms with Crippen molar-refractivity contribution in [3.8, 4) is 0 Å². The summed E-state index contributed by atoms with van der Waals surface area (Å²) in [6.45, 7) is 4.88. The molecule has 0 aliphatic rings. The molecule has 2 unspecified atom stereocenters. The van der Waals surface area contributed by atoms with E-state index in [0.717, 1.165) is 77.0 Å². The Bertz CT molecular complexity index is 863. The molecule has 0 bridgehead atoms. The molecule has 0 saturated carbocycles. The van der Waals surface area contributed by atoms with Crippen molar-refractivity contribution in [2.24, 2.45) is 0 Å². The topological polar surface area (TPSA) is 95.9 Å². The van der Waals surface area contributed by atoms with Crippen LogP contribution in [0.4, 0.5) is 0 Å². The van der Waals surface area contributed by atoms with E-state index in [1.165, 1.54) is 173 Å². The second kappa shape index (κ2) is 48.3. The zero-order chi connectivity index (χ0) is 42.3. The monoisotopic (exact) mass is 820 g/mol. The smallest absolute Gasteiger partial charge is 0.305 e. The Morgan fingerprint density at radius 3 is 1.22 bits per heavy atom. The molecule has 0 aromatic heterocycles. The van der Waals surface area contributed by atoms with E-state index in [1.54, 1.807) is 0 Å². The van der Waals surface area contributed by atoms with Crippen molar-refractivity contribution in [2.45, 2.75) is 296 Å². The molecule has 0 fully saturated rings. The standard InChI is InChI=1S/C52H101NO5/c1-3-5-7-9-11-13-15-17-18-19-20-21-22-26-30-34-38-42-46-52(57)58-47-43-39-35-31-27-23-25-29-33-37-41-45-51(56)53-49(48-54)50(55)44-40-36-32-28-24-16-14-12-10-8-6-4-2/h27,31,49-50,54-55H,3-26,28-30,32-48H2,1-2H3,(H,53,56)/b31-27-. The molecule has 6 nitrogen and oxygen atoms in total. The summed E-state index contributed by atoms with van der Waals surface area (Å²) in [5, 5.41) is 23.1. The van der Waals surface area contributed by atoms with Crippen LogP contribution in [0, 0.1) is 0 Å². The van der Waals surface area contributed by atoms with Gasteiger partial charge in [-0.15, -0.1) is 0 Å². The van der Waals surface area contributed by atoms with Crippen molar-refractivity contribution in [1.29, 1.82) is 0 Å². The van der Waals surface area contributed by atoms with Crippen molar-refractivity contribution in [1.82, 2.24) is 5.32 Å². The van der Waals surface area contributed by atoms with Gasteiger partial charge in [0.05, 0.1) is 25.4 Å². The molecule has 0 radical (unpaired) electrons. The van der Waals surface area contributed by atoms with Gasteiger partial charge in [0.15, 0.2) is 0 Å². The van der Waals surface area contributed by atoms with Crippen LogP contribution in [-0.4, -0.2) is 47.4 Å². The van der Waals surface area contributed by atoms with Gasteiger partial charge in [0.1, 0.15) is 0 Å². The summed E-state index contributed by atoms with van der Waals surface area (Å²) in [5.74, 6) is -0.0905. The summed E-state index contributed by atoms with van der Waals surface area (Å²) in [7, 11) is 0. The lowest BCUT2D eigenvalue weighted by molar-refractivity contribution is -0.143. The molecule has 0 aliphatic carbocycles. The van der Waals surface area contributed by atoms with Crippen molar-refractivity contribution in [3.05, 3.63) is 12.2 Å². The first-order valence-corrected chi connectivity index (χ1v) is 25.9. The van der Waals surface area contributed by atoms with Crippen LogP contribution >= 0.6 is 0 Å². The van der Waals surface area contributed by atoms with Crippen LogP contribution < -0.4 is 5.32 Å². The van der Waals surface area contributed by atoms with Gasteiger partial charge < -0.3 is 20.3 Å². The largest absolute Gasteiger partial charge is 0.466 e. The van der Waals surface area contributed by atoms with E-state index in [2.05, 4.69) is 31.3 Å². The van der Waals surface area contributed by atoms with Crippen molar-refractivity contribution in [3.63, 3.8) is 0 Å². The third-order valence-corrected chi connectivity index (χ3v) is 12.1. The molecular formula is C52H101NO5. The Kier molecular flexibility index (Phi) is 47.1. The summed E-state index contributed by atoms with van der Waals surface area (Å²) in [4.78, 5) is 24.5. The normalized spacial score (nSPS) is 12.7. The van der Waals surface area contributed by atoms with E-state index >= 15 is 0 Å². The van der Waals surface area contributed by atoms with E-state index in [-0.39, 0.29) is 18.5 Å². The molecule has 3 N–H and O–H groups in total. The van der Waals surface area contributed by atoms with E-state index in [1.807, 2.05) is 0 Å². The fraction of sp³-hybridized carbons (Fsp3) is 0.923. The quantitative estimate of drug-likeness (QED) is 0.0323. The molecule has 344 valence electrons. The van der Waals surface area contributed by atoms with Crippen LogP contribution in [0.25, 0.3) is 0 Å². The number of aliphatic hydroxyl groups excluding tert-OH is 2. The Morgan fingerprint density at radius 1 is 0.466 bits per heavy atom. The van der Waals surface area contributed by atoms with Gasteiger partial charge in [0, 0.05) is 12.8 Å². The van der Waals surface area contributed by atoms with Crippen LogP contribution in [0.5, 0.6) is 0 Å². The predicted octanol–water partition coefficient (Wildman–Crippen LogP) is 15.3. The molecule has 0 aromatic carbocycles. The van der Waals surface area contributed by atoms with Gasteiger partial charge in [0.2, 0.25) is 5.91 Å². The van der Waals surface area contributed by atoms with E-state index in [9.17, 15) is 19.8 Å². The third-order valence-electron chi connectivity index (χ3n) is 12.1. The maximum Gasteiger partial charge on any atom is 0.305 e. The molecule has 0 rings (SSSR count). The lowest BCUT2D eigenvalue weighted by atomic mass is 10.0. The Labute approximate surface area is 361 Å². The minimum atomic E-state index is -0.680. The molecule has 0 saturated heterocycles. The molecule has 1 amide bonds. The number of nitrogens with one attached hydrogen (secondary N) is 1. The summed E-state index contributed by atoms with van der Waals surface area (Å²) >= 11 is 0. The molecule has 0 aromatic rings. The number of unbranched alkanes of at least 4 members (excludes halogenated alkanes) is 35. The first kappa shape index (κ1) is 56.6. The van der Waals surface area contributed by atoms with E-state index < -0.39 is 12.1 Å². The average Bonchev–Trinajstić information content (AvgIpc) is 3.22. The van der Waals surface area contributed by atoms with Gasteiger partial charge in [0.25, 0.3) is 0 Å². The van der Waals surface area contributed by atoms with Crippen molar-refractivity contribution < 1.29 is 24.5 Å².